The van der Waals surface area contributed by atoms with Crippen LogP contribution < -0.4 is 10.2 Å². The Morgan fingerprint density at radius 1 is 1.36 bits per heavy atom. The monoisotopic (exact) mass is 360 g/mol. The quantitative estimate of drug-likeness (QED) is 0.795. The van der Waals surface area contributed by atoms with Crippen molar-refractivity contribution >= 4 is 34.8 Å². The van der Waals surface area contributed by atoms with Gasteiger partial charge in [-0.2, -0.15) is 0 Å². The van der Waals surface area contributed by atoms with Crippen molar-refractivity contribution < 1.29 is 9.59 Å². The van der Waals surface area contributed by atoms with Crippen LogP contribution >= 0.6 is 11.6 Å². The number of nitrogens with zero attached hydrogens (tertiary/aromatic N) is 1. The van der Waals surface area contributed by atoms with Gasteiger partial charge in [0.25, 0.3) is 0 Å². The van der Waals surface area contributed by atoms with Crippen LogP contribution in [-0.4, -0.2) is 18.4 Å². The van der Waals surface area contributed by atoms with E-state index >= 15 is 0 Å². The van der Waals surface area contributed by atoms with Gasteiger partial charge in [0.1, 0.15) is 0 Å². The molecule has 4 nitrogen and oxygen atoms in total. The number of hydrogen-bond acceptors (Lipinski definition) is 2. The van der Waals surface area contributed by atoms with E-state index in [1.807, 2.05) is 6.07 Å². The first-order chi connectivity index (χ1) is 11.7. The molecule has 2 aliphatic rings. The van der Waals surface area contributed by atoms with Crippen LogP contribution in [0.2, 0.25) is 5.02 Å². The summed E-state index contributed by atoms with van der Waals surface area (Å²) in [5, 5.41) is 3.46. The van der Waals surface area contributed by atoms with E-state index in [2.05, 4.69) is 39.1 Å². The third-order valence-electron chi connectivity index (χ3n) is 5.30. The first-order valence-corrected chi connectivity index (χ1v) is 9.15. The van der Waals surface area contributed by atoms with Crippen LogP contribution in [0.5, 0.6) is 0 Å². The number of hydrogen-bond donors (Lipinski definition) is 1. The van der Waals surface area contributed by atoms with Crippen molar-refractivity contribution in [3.63, 3.8) is 0 Å². The number of anilines is 2. The highest BCUT2D eigenvalue weighted by atomic mass is 35.5. The molecule has 1 N–H and O–H groups in total. The van der Waals surface area contributed by atoms with Crippen LogP contribution in [-0.2, 0) is 9.59 Å². The summed E-state index contributed by atoms with van der Waals surface area (Å²) >= 11 is 6.27. The fourth-order valence-electron chi connectivity index (χ4n) is 3.76. The van der Waals surface area contributed by atoms with E-state index in [9.17, 15) is 9.59 Å². The molecule has 5 heteroatoms. The lowest BCUT2D eigenvalue weighted by atomic mass is 10.1. The largest absolute Gasteiger partial charge is 0.324 e. The zero-order valence-corrected chi connectivity index (χ0v) is 16.0. The number of rotatable bonds is 4. The van der Waals surface area contributed by atoms with E-state index in [0.717, 1.165) is 12.1 Å². The highest BCUT2D eigenvalue weighted by Crippen LogP contribution is 2.59. The summed E-state index contributed by atoms with van der Waals surface area (Å²) in [6.07, 6.45) is 3.61. The lowest BCUT2D eigenvalue weighted by Crippen LogP contribution is -2.24. The van der Waals surface area contributed by atoms with Gasteiger partial charge in [0.15, 0.2) is 0 Å². The Bertz CT molecular complexity index is 750. The maximum atomic E-state index is 12.8. The highest BCUT2D eigenvalue weighted by molar-refractivity contribution is 6.34. The van der Waals surface area contributed by atoms with Crippen LogP contribution in [0.4, 0.5) is 11.4 Å². The number of allylic oxidation sites excluding steroid dienone is 2. The van der Waals surface area contributed by atoms with Gasteiger partial charge in [-0.3, -0.25) is 9.59 Å². The molecule has 1 heterocycles. The van der Waals surface area contributed by atoms with Crippen molar-refractivity contribution in [2.24, 2.45) is 17.3 Å². The summed E-state index contributed by atoms with van der Waals surface area (Å²) in [7, 11) is 0. The molecule has 2 amide bonds. The average Bonchev–Trinajstić information content (AvgIpc) is 2.85. The summed E-state index contributed by atoms with van der Waals surface area (Å²) in [5.41, 5.74) is 2.54. The minimum absolute atomic E-state index is 0.0145. The molecule has 1 aromatic carbocycles. The summed E-state index contributed by atoms with van der Waals surface area (Å²) in [5.74, 6) is 0.293. The van der Waals surface area contributed by atoms with Gasteiger partial charge >= 0.3 is 0 Å². The number of amides is 2. The van der Waals surface area contributed by atoms with Crippen molar-refractivity contribution in [3.8, 4) is 0 Å². The first-order valence-electron chi connectivity index (χ1n) is 8.77. The van der Waals surface area contributed by atoms with Gasteiger partial charge in [-0.15, -0.1) is 0 Å². The predicted molar refractivity (Wildman–Crippen MR) is 102 cm³/mol. The smallest absolute Gasteiger partial charge is 0.228 e. The second-order valence-electron chi connectivity index (χ2n) is 7.87. The summed E-state index contributed by atoms with van der Waals surface area (Å²) in [6, 6.07) is 5.37. The number of carbonyl (C=O) groups is 2. The van der Waals surface area contributed by atoms with E-state index in [1.165, 1.54) is 5.57 Å². The molecule has 134 valence electrons. The number of benzene rings is 1. The van der Waals surface area contributed by atoms with Crippen molar-refractivity contribution in [2.45, 2.75) is 40.5 Å². The molecule has 0 spiro atoms. The van der Waals surface area contributed by atoms with Gasteiger partial charge in [-0.25, -0.2) is 0 Å². The van der Waals surface area contributed by atoms with Gasteiger partial charge < -0.3 is 10.2 Å². The number of halogens is 1. The van der Waals surface area contributed by atoms with Gasteiger partial charge in [0, 0.05) is 18.7 Å². The van der Waals surface area contributed by atoms with Gasteiger partial charge in [0.2, 0.25) is 11.8 Å². The van der Waals surface area contributed by atoms with Crippen molar-refractivity contribution in [1.29, 1.82) is 0 Å². The molecule has 1 aliphatic carbocycles. The predicted octanol–water partition coefficient (Wildman–Crippen LogP) is 4.64. The second-order valence-corrected chi connectivity index (χ2v) is 8.28. The Morgan fingerprint density at radius 3 is 2.68 bits per heavy atom. The fourth-order valence-corrected chi connectivity index (χ4v) is 3.92. The summed E-state index contributed by atoms with van der Waals surface area (Å²) in [4.78, 5) is 26.4. The van der Waals surface area contributed by atoms with Crippen LogP contribution in [0.25, 0.3) is 0 Å². The highest BCUT2D eigenvalue weighted by Gasteiger charge is 2.60. The molecule has 1 saturated heterocycles. The lowest BCUT2D eigenvalue weighted by Gasteiger charge is -2.17. The van der Waals surface area contributed by atoms with Gasteiger partial charge in [-0.1, -0.05) is 37.1 Å². The zero-order valence-electron chi connectivity index (χ0n) is 15.2. The molecule has 25 heavy (non-hydrogen) atoms. The normalized spacial score (nSPS) is 24.2. The Hall–Kier alpha value is -1.81. The Balaban J connectivity index is 1.78. The third kappa shape index (κ3) is 3.45. The molecule has 0 unspecified atom stereocenters. The van der Waals surface area contributed by atoms with E-state index in [1.54, 1.807) is 17.0 Å². The van der Waals surface area contributed by atoms with Crippen LogP contribution in [0.15, 0.2) is 29.8 Å². The molecule has 2 atom stereocenters. The lowest BCUT2D eigenvalue weighted by molar-refractivity contribution is -0.118. The maximum Gasteiger partial charge on any atom is 0.228 e. The Morgan fingerprint density at radius 2 is 2.08 bits per heavy atom. The molecule has 0 radical (unpaired) electrons. The van der Waals surface area contributed by atoms with Crippen molar-refractivity contribution in [2.75, 3.05) is 16.8 Å². The van der Waals surface area contributed by atoms with Crippen LogP contribution in [0.3, 0.4) is 0 Å². The number of carbonyl (C=O) groups excluding carboxylic acids is 2. The average molecular weight is 361 g/mol. The van der Waals surface area contributed by atoms with E-state index in [4.69, 9.17) is 11.6 Å². The minimum atomic E-state index is -0.0597. The third-order valence-corrected chi connectivity index (χ3v) is 5.63. The van der Waals surface area contributed by atoms with Crippen LogP contribution in [0, 0.1) is 17.3 Å². The van der Waals surface area contributed by atoms with Gasteiger partial charge in [0.05, 0.1) is 16.6 Å². The summed E-state index contributed by atoms with van der Waals surface area (Å²) in [6.45, 7) is 9.05. The SMILES string of the molecule is CC(C)=C[C@H]1[C@H](C(=O)Nc2cc(N3CCCC3=O)ccc2Cl)C1(C)C. The van der Waals surface area contributed by atoms with Crippen LogP contribution in [0.1, 0.15) is 40.5 Å². The van der Waals surface area contributed by atoms with Crippen molar-refractivity contribution in [1.82, 2.24) is 0 Å². The second kappa shape index (κ2) is 6.49. The first kappa shape index (κ1) is 18.0. The zero-order chi connectivity index (χ0) is 18.4. The summed E-state index contributed by atoms with van der Waals surface area (Å²) < 4.78 is 0. The van der Waals surface area contributed by atoms with E-state index < -0.39 is 0 Å². The standard InChI is InChI=1S/C20H25ClN2O2/c1-12(2)10-14-18(20(14,3)4)19(25)22-16-11-13(7-8-15(16)21)23-9-5-6-17(23)24/h7-8,10-11,14,18H,5-6,9H2,1-4H3,(H,22,25)/t14-,18+/m0/s1. The molecule has 1 aromatic rings. The Kier molecular flexibility index (Phi) is 4.67. The van der Waals surface area contributed by atoms with E-state index in [-0.39, 0.29) is 29.1 Å². The molecule has 3 rings (SSSR count). The fraction of sp³-hybridized carbons (Fsp3) is 0.500. The molecule has 1 aliphatic heterocycles. The van der Waals surface area contributed by atoms with E-state index in [0.29, 0.717) is 23.7 Å². The topological polar surface area (TPSA) is 49.4 Å². The molecule has 0 aromatic heterocycles. The maximum absolute atomic E-state index is 12.8. The minimum Gasteiger partial charge on any atom is -0.324 e. The number of nitrogens with one attached hydrogen (secondary N) is 1. The Labute approximate surface area is 154 Å². The molecule has 1 saturated carbocycles. The molecule has 2 fully saturated rings. The molecular formula is C20H25ClN2O2. The molecule has 0 bridgehead atoms. The molecular weight excluding hydrogens is 336 g/mol. The van der Waals surface area contributed by atoms with Crippen molar-refractivity contribution in [3.05, 3.63) is 34.9 Å². The van der Waals surface area contributed by atoms with Gasteiger partial charge in [-0.05, 0) is 49.8 Å².